The van der Waals surface area contributed by atoms with Crippen molar-refractivity contribution in [3.05, 3.63) is 22.4 Å². The van der Waals surface area contributed by atoms with Gasteiger partial charge in [0.2, 0.25) is 11.8 Å². The lowest BCUT2D eigenvalue weighted by molar-refractivity contribution is -0.134. The van der Waals surface area contributed by atoms with Crippen LogP contribution in [0, 0.1) is 0 Å². The van der Waals surface area contributed by atoms with Gasteiger partial charge in [0.1, 0.15) is 0 Å². The number of piperazine rings is 1. The van der Waals surface area contributed by atoms with Crippen LogP contribution in [0.5, 0.6) is 0 Å². The SMILES string of the molecule is CC(C(=O)NC1CC1)N1CCN(C(=O)CCc2cccs2)CC1. The van der Waals surface area contributed by atoms with Crippen molar-refractivity contribution in [3.8, 4) is 0 Å². The molecular weight excluding hydrogens is 310 g/mol. The van der Waals surface area contributed by atoms with Crippen molar-refractivity contribution < 1.29 is 9.59 Å². The Morgan fingerprint density at radius 2 is 2.04 bits per heavy atom. The summed E-state index contributed by atoms with van der Waals surface area (Å²) >= 11 is 1.71. The van der Waals surface area contributed by atoms with Gasteiger partial charge >= 0.3 is 0 Å². The minimum absolute atomic E-state index is 0.0982. The number of nitrogens with one attached hydrogen (secondary N) is 1. The Labute approximate surface area is 141 Å². The van der Waals surface area contributed by atoms with Gasteiger partial charge in [-0.1, -0.05) is 6.07 Å². The average molecular weight is 335 g/mol. The Kier molecular flexibility index (Phi) is 5.33. The molecule has 126 valence electrons. The van der Waals surface area contributed by atoms with Crippen molar-refractivity contribution >= 4 is 23.2 Å². The van der Waals surface area contributed by atoms with Crippen LogP contribution in [0.4, 0.5) is 0 Å². The van der Waals surface area contributed by atoms with Crippen LogP contribution in [0.2, 0.25) is 0 Å². The molecule has 1 unspecified atom stereocenters. The third-order valence-corrected chi connectivity index (χ3v) is 5.62. The molecule has 1 aromatic heterocycles. The van der Waals surface area contributed by atoms with Gasteiger partial charge in [0.25, 0.3) is 0 Å². The standard InChI is InChI=1S/C17H25N3O2S/c1-13(17(22)18-14-4-5-14)19-8-10-20(11-9-19)16(21)7-6-15-3-2-12-23-15/h2-3,12-14H,4-11H2,1H3,(H,18,22). The maximum atomic E-state index is 12.3. The fraction of sp³-hybridized carbons (Fsp3) is 0.647. The fourth-order valence-corrected chi connectivity index (χ4v) is 3.63. The smallest absolute Gasteiger partial charge is 0.237 e. The first kappa shape index (κ1) is 16.5. The highest BCUT2D eigenvalue weighted by Crippen LogP contribution is 2.19. The molecule has 3 rings (SSSR count). The largest absolute Gasteiger partial charge is 0.352 e. The Balaban J connectivity index is 1.40. The zero-order valence-electron chi connectivity index (χ0n) is 13.7. The van der Waals surface area contributed by atoms with Crippen molar-refractivity contribution in [1.82, 2.24) is 15.1 Å². The summed E-state index contributed by atoms with van der Waals surface area (Å²) in [6, 6.07) is 4.41. The van der Waals surface area contributed by atoms with Crippen LogP contribution in [-0.2, 0) is 16.0 Å². The first-order valence-electron chi connectivity index (χ1n) is 8.48. The van der Waals surface area contributed by atoms with Crippen LogP contribution in [0.25, 0.3) is 0 Å². The zero-order valence-corrected chi connectivity index (χ0v) is 14.5. The number of hydrogen-bond donors (Lipinski definition) is 1. The third-order valence-electron chi connectivity index (χ3n) is 4.68. The van der Waals surface area contributed by atoms with E-state index in [0.29, 0.717) is 12.5 Å². The van der Waals surface area contributed by atoms with Crippen molar-refractivity contribution in [1.29, 1.82) is 0 Å². The second-order valence-electron chi connectivity index (χ2n) is 6.45. The van der Waals surface area contributed by atoms with E-state index in [2.05, 4.69) is 16.3 Å². The molecule has 1 N–H and O–H groups in total. The number of rotatable bonds is 6. The topological polar surface area (TPSA) is 52.7 Å². The molecule has 0 spiro atoms. The second-order valence-corrected chi connectivity index (χ2v) is 7.49. The Morgan fingerprint density at radius 1 is 1.30 bits per heavy atom. The molecule has 1 atom stereocenters. The predicted molar refractivity (Wildman–Crippen MR) is 91.4 cm³/mol. The summed E-state index contributed by atoms with van der Waals surface area (Å²) in [6.45, 7) is 4.98. The van der Waals surface area contributed by atoms with Gasteiger partial charge in [0, 0.05) is 43.5 Å². The second kappa shape index (κ2) is 7.45. The van der Waals surface area contributed by atoms with Crippen molar-refractivity contribution in [2.24, 2.45) is 0 Å². The van der Waals surface area contributed by atoms with Crippen LogP contribution >= 0.6 is 11.3 Å². The molecule has 0 bridgehead atoms. The van der Waals surface area contributed by atoms with E-state index in [-0.39, 0.29) is 17.9 Å². The average Bonchev–Trinajstić information content (AvgIpc) is 3.23. The summed E-state index contributed by atoms with van der Waals surface area (Å²) in [5, 5.41) is 5.11. The van der Waals surface area contributed by atoms with Crippen LogP contribution < -0.4 is 5.32 Å². The van der Waals surface area contributed by atoms with E-state index in [4.69, 9.17) is 0 Å². The molecule has 1 saturated heterocycles. The number of nitrogens with zero attached hydrogens (tertiary/aromatic N) is 2. The number of thiophene rings is 1. The van der Waals surface area contributed by atoms with Gasteiger partial charge in [0.15, 0.2) is 0 Å². The Hall–Kier alpha value is -1.40. The van der Waals surface area contributed by atoms with E-state index in [1.54, 1.807) is 11.3 Å². The lowest BCUT2D eigenvalue weighted by atomic mass is 10.2. The molecule has 6 heteroatoms. The first-order chi connectivity index (χ1) is 11.1. The lowest BCUT2D eigenvalue weighted by Crippen LogP contribution is -2.55. The Bertz CT molecular complexity index is 534. The highest BCUT2D eigenvalue weighted by atomic mass is 32.1. The van der Waals surface area contributed by atoms with Gasteiger partial charge in [-0.3, -0.25) is 14.5 Å². The number of carbonyl (C=O) groups excluding carboxylic acids is 2. The first-order valence-corrected chi connectivity index (χ1v) is 9.36. The Morgan fingerprint density at radius 3 is 2.65 bits per heavy atom. The van der Waals surface area contributed by atoms with Crippen LogP contribution in [-0.4, -0.2) is 59.9 Å². The van der Waals surface area contributed by atoms with Gasteiger partial charge in [-0.05, 0) is 37.6 Å². The minimum atomic E-state index is -0.0982. The van der Waals surface area contributed by atoms with Crippen molar-refractivity contribution in [2.45, 2.75) is 44.7 Å². The van der Waals surface area contributed by atoms with Gasteiger partial charge in [-0.15, -0.1) is 11.3 Å². The maximum absolute atomic E-state index is 12.3. The summed E-state index contributed by atoms with van der Waals surface area (Å²) in [7, 11) is 0. The molecule has 1 aliphatic carbocycles. The van der Waals surface area contributed by atoms with Crippen LogP contribution in [0.1, 0.15) is 31.1 Å². The zero-order chi connectivity index (χ0) is 16.2. The van der Waals surface area contributed by atoms with Crippen molar-refractivity contribution in [3.63, 3.8) is 0 Å². The van der Waals surface area contributed by atoms with Crippen LogP contribution in [0.3, 0.4) is 0 Å². The van der Waals surface area contributed by atoms with E-state index in [0.717, 1.165) is 45.4 Å². The molecule has 2 aliphatic rings. The highest BCUT2D eigenvalue weighted by molar-refractivity contribution is 7.09. The summed E-state index contributed by atoms with van der Waals surface area (Å²) in [6.07, 6.45) is 3.64. The predicted octanol–water partition coefficient (Wildman–Crippen LogP) is 1.49. The van der Waals surface area contributed by atoms with Gasteiger partial charge < -0.3 is 10.2 Å². The molecule has 2 heterocycles. The molecule has 1 aromatic rings. The number of aryl methyl sites for hydroxylation is 1. The number of carbonyl (C=O) groups is 2. The van der Waals surface area contributed by atoms with E-state index in [9.17, 15) is 9.59 Å². The number of amides is 2. The minimum Gasteiger partial charge on any atom is -0.352 e. The molecule has 2 amide bonds. The third kappa shape index (κ3) is 4.54. The normalized spacial score (nSPS) is 20.3. The fourth-order valence-electron chi connectivity index (χ4n) is 2.92. The van der Waals surface area contributed by atoms with E-state index in [1.165, 1.54) is 4.88 Å². The van der Waals surface area contributed by atoms with E-state index in [1.807, 2.05) is 23.3 Å². The van der Waals surface area contributed by atoms with E-state index >= 15 is 0 Å². The monoisotopic (exact) mass is 335 g/mol. The summed E-state index contributed by atoms with van der Waals surface area (Å²) in [4.78, 5) is 29.8. The van der Waals surface area contributed by atoms with Gasteiger partial charge in [-0.25, -0.2) is 0 Å². The van der Waals surface area contributed by atoms with E-state index < -0.39 is 0 Å². The molecule has 23 heavy (non-hydrogen) atoms. The molecule has 0 radical (unpaired) electrons. The highest BCUT2D eigenvalue weighted by Gasteiger charge is 2.30. The van der Waals surface area contributed by atoms with Gasteiger partial charge in [0.05, 0.1) is 6.04 Å². The molecular formula is C17H25N3O2S. The molecule has 0 aromatic carbocycles. The lowest BCUT2D eigenvalue weighted by Gasteiger charge is -2.37. The summed E-state index contributed by atoms with van der Waals surface area (Å²) in [5.74, 6) is 0.359. The molecule has 5 nitrogen and oxygen atoms in total. The molecule has 2 fully saturated rings. The van der Waals surface area contributed by atoms with Crippen molar-refractivity contribution in [2.75, 3.05) is 26.2 Å². The number of hydrogen-bond acceptors (Lipinski definition) is 4. The van der Waals surface area contributed by atoms with Crippen LogP contribution in [0.15, 0.2) is 17.5 Å². The molecule has 1 saturated carbocycles. The van der Waals surface area contributed by atoms with Gasteiger partial charge in [-0.2, -0.15) is 0 Å². The molecule has 1 aliphatic heterocycles. The quantitative estimate of drug-likeness (QED) is 0.857. The summed E-state index contributed by atoms with van der Waals surface area (Å²) in [5.41, 5.74) is 0. The summed E-state index contributed by atoms with van der Waals surface area (Å²) < 4.78 is 0. The maximum Gasteiger partial charge on any atom is 0.237 e.